The quantitative estimate of drug-likeness (QED) is 0.537. The Morgan fingerprint density at radius 2 is 1.43 bits per heavy atom. The fraction of sp³-hybridized carbons (Fsp3) is 0.435. The first-order valence-corrected chi connectivity index (χ1v) is 12.0. The highest BCUT2D eigenvalue weighted by atomic mass is 32.2. The largest absolute Gasteiger partial charge is 0.352 e. The number of nitrogens with zero attached hydrogens (tertiary/aromatic N) is 1. The van der Waals surface area contributed by atoms with Gasteiger partial charge in [0.25, 0.3) is 0 Å². The maximum Gasteiger partial charge on any atom is 0.191 e. The van der Waals surface area contributed by atoms with E-state index in [4.69, 9.17) is 0 Å². The van der Waals surface area contributed by atoms with Gasteiger partial charge in [-0.15, -0.1) is 0 Å². The third-order valence-corrected chi connectivity index (χ3v) is 6.68. The van der Waals surface area contributed by atoms with Crippen molar-refractivity contribution in [3.05, 3.63) is 68.5 Å². The van der Waals surface area contributed by atoms with Crippen LogP contribution in [0.1, 0.15) is 44.5 Å². The van der Waals surface area contributed by atoms with Gasteiger partial charge in [-0.05, 0) is 91.3 Å². The summed E-state index contributed by atoms with van der Waals surface area (Å²) in [4.78, 5) is 4.25. The summed E-state index contributed by atoms with van der Waals surface area (Å²) in [5, 5.41) is 6.49. The van der Waals surface area contributed by atoms with Crippen LogP contribution < -0.4 is 10.6 Å². The number of halogens is 1. The fourth-order valence-corrected chi connectivity index (χ4v) is 4.44. The summed E-state index contributed by atoms with van der Waals surface area (Å²) in [6.07, 6.45) is 1.17. The van der Waals surface area contributed by atoms with Crippen molar-refractivity contribution < 1.29 is 12.8 Å². The first-order valence-electron chi connectivity index (χ1n) is 9.90. The second-order valence-electron chi connectivity index (χ2n) is 7.87. The molecule has 0 aromatic heterocycles. The molecule has 0 unspecified atom stereocenters. The molecule has 0 spiro atoms. The van der Waals surface area contributed by atoms with Gasteiger partial charge in [-0.1, -0.05) is 6.07 Å². The highest BCUT2D eigenvalue weighted by Crippen LogP contribution is 2.25. The minimum absolute atomic E-state index is 0.128. The Labute approximate surface area is 179 Å². The van der Waals surface area contributed by atoms with Gasteiger partial charge in [0.1, 0.15) is 5.82 Å². The van der Waals surface area contributed by atoms with Crippen molar-refractivity contribution in [2.75, 3.05) is 13.3 Å². The summed E-state index contributed by atoms with van der Waals surface area (Å²) in [7, 11) is -1.55. The predicted molar refractivity (Wildman–Crippen MR) is 122 cm³/mol. The van der Waals surface area contributed by atoms with Gasteiger partial charge in [-0.2, -0.15) is 0 Å². The van der Waals surface area contributed by atoms with E-state index in [2.05, 4.69) is 50.2 Å². The maximum atomic E-state index is 13.7. The van der Waals surface area contributed by atoms with Crippen LogP contribution in [-0.2, 0) is 28.7 Å². The molecule has 0 aliphatic carbocycles. The SMILES string of the molecule is CN=C(NCc1cc(F)ccc1CS(C)(=O)=O)NCc1c(C)c(C)c(C)c(C)c1C. The lowest BCUT2D eigenvalue weighted by atomic mass is 9.89. The molecule has 0 saturated carbocycles. The van der Waals surface area contributed by atoms with Gasteiger partial charge in [0.05, 0.1) is 5.75 Å². The third-order valence-electron chi connectivity index (χ3n) is 5.84. The van der Waals surface area contributed by atoms with Crippen molar-refractivity contribution in [3.63, 3.8) is 0 Å². The minimum Gasteiger partial charge on any atom is -0.352 e. The Morgan fingerprint density at radius 3 is 1.97 bits per heavy atom. The Bertz CT molecular complexity index is 1050. The molecule has 2 rings (SSSR count). The van der Waals surface area contributed by atoms with E-state index >= 15 is 0 Å². The van der Waals surface area contributed by atoms with Crippen molar-refractivity contribution in [2.24, 2.45) is 4.99 Å². The number of hydrogen-bond acceptors (Lipinski definition) is 3. The van der Waals surface area contributed by atoms with Crippen LogP contribution in [0.25, 0.3) is 0 Å². The van der Waals surface area contributed by atoms with Crippen LogP contribution in [0.2, 0.25) is 0 Å². The van der Waals surface area contributed by atoms with Gasteiger partial charge >= 0.3 is 0 Å². The van der Waals surface area contributed by atoms with Gasteiger partial charge in [-0.3, -0.25) is 4.99 Å². The summed E-state index contributed by atoms with van der Waals surface area (Å²) in [5.41, 5.74) is 8.85. The molecule has 2 aromatic rings. The van der Waals surface area contributed by atoms with E-state index < -0.39 is 15.7 Å². The topological polar surface area (TPSA) is 70.6 Å². The molecule has 0 radical (unpaired) electrons. The lowest BCUT2D eigenvalue weighted by Gasteiger charge is -2.20. The molecule has 0 atom stereocenters. The monoisotopic (exact) mass is 433 g/mol. The second-order valence-corrected chi connectivity index (χ2v) is 10.0. The van der Waals surface area contributed by atoms with E-state index in [0.717, 1.165) is 0 Å². The number of sulfone groups is 1. The smallest absolute Gasteiger partial charge is 0.191 e. The van der Waals surface area contributed by atoms with Crippen molar-refractivity contribution in [2.45, 2.75) is 53.5 Å². The molecule has 0 fully saturated rings. The number of hydrogen-bond donors (Lipinski definition) is 2. The average Bonchev–Trinajstić information content (AvgIpc) is 2.68. The summed E-state index contributed by atoms with van der Waals surface area (Å²) in [5.74, 6) is 0.0412. The van der Waals surface area contributed by atoms with Gasteiger partial charge in [0.2, 0.25) is 0 Å². The number of nitrogens with one attached hydrogen (secondary N) is 2. The molecule has 7 heteroatoms. The lowest BCUT2D eigenvalue weighted by molar-refractivity contribution is 0.599. The zero-order chi connectivity index (χ0) is 22.6. The van der Waals surface area contributed by atoms with Gasteiger partial charge in [0, 0.05) is 26.4 Å². The van der Waals surface area contributed by atoms with Crippen LogP contribution in [-0.4, -0.2) is 27.7 Å². The normalized spacial score (nSPS) is 12.2. The molecule has 0 saturated heterocycles. The van der Waals surface area contributed by atoms with Gasteiger partial charge in [0.15, 0.2) is 15.8 Å². The standard InChI is InChI=1S/C23H32FN3O2S/c1-14-15(2)17(4)22(18(5)16(14)3)12-27-23(25-6)26-11-20-10-21(24)9-8-19(20)13-30(7,28)29/h8-10H,11-13H2,1-7H3,(H2,25,26,27). The molecule has 164 valence electrons. The molecular weight excluding hydrogens is 401 g/mol. The van der Waals surface area contributed by atoms with Crippen LogP contribution in [0, 0.1) is 40.4 Å². The summed E-state index contributed by atoms with van der Waals surface area (Å²) in [6, 6.07) is 4.17. The van der Waals surface area contributed by atoms with Crippen LogP contribution >= 0.6 is 0 Å². The zero-order valence-electron chi connectivity index (χ0n) is 18.9. The number of aliphatic imine (C=N–C) groups is 1. The average molecular weight is 434 g/mol. The Hall–Kier alpha value is -2.41. The van der Waals surface area contributed by atoms with E-state index in [1.807, 2.05) is 0 Å². The van der Waals surface area contributed by atoms with E-state index in [-0.39, 0.29) is 12.3 Å². The Balaban J connectivity index is 2.15. The molecule has 0 aliphatic heterocycles. The molecule has 2 N–H and O–H groups in total. The van der Waals surface area contributed by atoms with E-state index in [1.165, 1.54) is 57.8 Å². The van der Waals surface area contributed by atoms with Crippen molar-refractivity contribution in [1.82, 2.24) is 10.6 Å². The Morgan fingerprint density at radius 1 is 0.900 bits per heavy atom. The second kappa shape index (κ2) is 9.60. The summed E-state index contributed by atoms with van der Waals surface area (Å²) in [6.45, 7) is 11.6. The van der Waals surface area contributed by atoms with Crippen molar-refractivity contribution in [1.29, 1.82) is 0 Å². The summed E-state index contributed by atoms with van der Waals surface area (Å²) < 4.78 is 37.1. The van der Waals surface area contributed by atoms with Crippen LogP contribution in [0.15, 0.2) is 23.2 Å². The van der Waals surface area contributed by atoms with E-state index in [9.17, 15) is 12.8 Å². The highest BCUT2D eigenvalue weighted by Gasteiger charge is 2.14. The molecule has 0 bridgehead atoms. The molecule has 5 nitrogen and oxygen atoms in total. The van der Waals surface area contributed by atoms with Gasteiger partial charge < -0.3 is 10.6 Å². The van der Waals surface area contributed by atoms with E-state index in [1.54, 1.807) is 7.05 Å². The molecular formula is C23H32FN3O2S. The van der Waals surface area contributed by atoms with Gasteiger partial charge in [-0.25, -0.2) is 12.8 Å². The van der Waals surface area contributed by atoms with E-state index in [0.29, 0.717) is 23.6 Å². The first-order chi connectivity index (χ1) is 13.9. The Kier molecular flexibility index (Phi) is 7.64. The first kappa shape index (κ1) is 23.9. The molecule has 0 heterocycles. The maximum absolute atomic E-state index is 13.7. The number of benzene rings is 2. The fourth-order valence-electron chi connectivity index (χ4n) is 3.60. The lowest BCUT2D eigenvalue weighted by Crippen LogP contribution is -2.37. The van der Waals surface area contributed by atoms with Crippen LogP contribution in [0.4, 0.5) is 4.39 Å². The molecule has 0 amide bonds. The minimum atomic E-state index is -3.22. The molecule has 30 heavy (non-hydrogen) atoms. The highest BCUT2D eigenvalue weighted by molar-refractivity contribution is 7.89. The number of rotatable bonds is 6. The summed E-state index contributed by atoms with van der Waals surface area (Å²) >= 11 is 0. The molecule has 2 aromatic carbocycles. The predicted octanol–water partition coefficient (Wildman–Crippen LogP) is 3.78. The number of guanidine groups is 1. The third kappa shape index (κ3) is 5.81. The zero-order valence-corrected chi connectivity index (χ0v) is 19.7. The van der Waals surface area contributed by atoms with Crippen molar-refractivity contribution in [3.8, 4) is 0 Å². The molecule has 0 aliphatic rings. The van der Waals surface area contributed by atoms with Crippen LogP contribution in [0.3, 0.4) is 0 Å². The van der Waals surface area contributed by atoms with Crippen LogP contribution in [0.5, 0.6) is 0 Å². The van der Waals surface area contributed by atoms with Crippen molar-refractivity contribution >= 4 is 15.8 Å².